The summed E-state index contributed by atoms with van der Waals surface area (Å²) in [6.07, 6.45) is -1.27. The fourth-order valence-electron chi connectivity index (χ4n) is 2.27. The van der Waals surface area contributed by atoms with Crippen molar-refractivity contribution in [1.82, 2.24) is 14.8 Å². The quantitative estimate of drug-likeness (QED) is 0.861. The van der Waals surface area contributed by atoms with Crippen molar-refractivity contribution in [2.45, 2.75) is 25.4 Å². The second kappa shape index (κ2) is 3.97. The van der Waals surface area contributed by atoms with Gasteiger partial charge in [-0.25, -0.2) is 9.67 Å². The standard InChI is InChI=1S/C12H10F3N3O/c13-12(14,15)7-4-5-10(16-6-7)18-11(19)8-2-1-3-9(8)17-18/h4-6,17H,1-3H2. The van der Waals surface area contributed by atoms with Gasteiger partial charge >= 0.3 is 6.18 Å². The molecule has 1 aliphatic rings. The van der Waals surface area contributed by atoms with Crippen molar-refractivity contribution in [2.24, 2.45) is 0 Å². The van der Waals surface area contributed by atoms with Crippen molar-refractivity contribution >= 4 is 0 Å². The molecule has 4 nitrogen and oxygen atoms in total. The first-order chi connectivity index (χ1) is 8.97. The number of halogens is 3. The molecular formula is C12H10F3N3O. The highest BCUT2D eigenvalue weighted by atomic mass is 19.4. The molecule has 0 aliphatic heterocycles. The van der Waals surface area contributed by atoms with Gasteiger partial charge in [0.1, 0.15) is 0 Å². The minimum absolute atomic E-state index is 0.174. The highest BCUT2D eigenvalue weighted by molar-refractivity contribution is 5.30. The molecule has 2 aromatic heterocycles. The maximum absolute atomic E-state index is 12.4. The van der Waals surface area contributed by atoms with Crippen LogP contribution in [0.5, 0.6) is 0 Å². The zero-order valence-corrected chi connectivity index (χ0v) is 9.79. The number of fused-ring (bicyclic) bond motifs is 1. The van der Waals surface area contributed by atoms with Crippen molar-refractivity contribution in [1.29, 1.82) is 0 Å². The lowest BCUT2D eigenvalue weighted by atomic mass is 10.3. The molecule has 1 N–H and O–H groups in total. The van der Waals surface area contributed by atoms with Crippen molar-refractivity contribution in [2.75, 3.05) is 0 Å². The number of nitrogens with one attached hydrogen (secondary N) is 1. The molecule has 0 bridgehead atoms. The number of alkyl halides is 3. The average Bonchev–Trinajstić information content (AvgIpc) is 2.92. The summed E-state index contributed by atoms with van der Waals surface area (Å²) in [6, 6.07) is 2.11. The second-order valence-corrected chi connectivity index (χ2v) is 4.47. The lowest BCUT2D eigenvalue weighted by Crippen LogP contribution is -2.18. The number of hydrogen-bond acceptors (Lipinski definition) is 2. The fourth-order valence-corrected chi connectivity index (χ4v) is 2.27. The number of H-pyrrole nitrogens is 1. The molecule has 0 amide bonds. The number of aryl methyl sites for hydroxylation is 1. The van der Waals surface area contributed by atoms with E-state index in [1.165, 1.54) is 10.7 Å². The first kappa shape index (κ1) is 12.0. The largest absolute Gasteiger partial charge is 0.417 e. The van der Waals surface area contributed by atoms with E-state index in [0.717, 1.165) is 30.8 Å². The van der Waals surface area contributed by atoms with Crippen LogP contribution in [0.4, 0.5) is 13.2 Å². The molecule has 0 fully saturated rings. The fraction of sp³-hybridized carbons (Fsp3) is 0.333. The van der Waals surface area contributed by atoms with Gasteiger partial charge in [-0.2, -0.15) is 13.2 Å². The van der Waals surface area contributed by atoms with Gasteiger partial charge in [0.25, 0.3) is 5.56 Å². The average molecular weight is 269 g/mol. The number of aromatic nitrogens is 3. The predicted molar refractivity (Wildman–Crippen MR) is 61.2 cm³/mol. The Morgan fingerprint density at radius 2 is 2.05 bits per heavy atom. The molecule has 0 unspecified atom stereocenters. The van der Waals surface area contributed by atoms with Gasteiger partial charge in [0, 0.05) is 17.5 Å². The molecular weight excluding hydrogens is 259 g/mol. The molecule has 2 heterocycles. The zero-order chi connectivity index (χ0) is 13.6. The van der Waals surface area contributed by atoms with E-state index in [2.05, 4.69) is 10.1 Å². The minimum Gasteiger partial charge on any atom is -0.293 e. The van der Waals surface area contributed by atoms with Crippen LogP contribution >= 0.6 is 0 Å². The molecule has 0 saturated heterocycles. The smallest absolute Gasteiger partial charge is 0.293 e. The number of rotatable bonds is 1. The Labute approximate surface area is 105 Å². The Kier molecular flexibility index (Phi) is 2.51. The van der Waals surface area contributed by atoms with Crippen LogP contribution in [-0.4, -0.2) is 14.8 Å². The third kappa shape index (κ3) is 1.94. The normalized spacial score (nSPS) is 14.7. The Bertz CT molecular complexity index is 667. The summed E-state index contributed by atoms with van der Waals surface area (Å²) in [4.78, 5) is 15.7. The summed E-state index contributed by atoms with van der Waals surface area (Å²) in [5, 5.41) is 2.90. The number of hydrogen-bond donors (Lipinski definition) is 1. The molecule has 100 valence electrons. The van der Waals surface area contributed by atoms with Gasteiger partial charge in [-0.15, -0.1) is 0 Å². The van der Waals surface area contributed by atoms with Crippen molar-refractivity contribution in [3.8, 4) is 5.82 Å². The molecule has 2 aromatic rings. The molecule has 0 atom stereocenters. The first-order valence-corrected chi connectivity index (χ1v) is 5.83. The Balaban J connectivity index is 2.02. The lowest BCUT2D eigenvalue weighted by Gasteiger charge is -2.07. The van der Waals surface area contributed by atoms with E-state index in [-0.39, 0.29) is 11.4 Å². The zero-order valence-electron chi connectivity index (χ0n) is 9.79. The van der Waals surface area contributed by atoms with Crippen molar-refractivity contribution in [3.63, 3.8) is 0 Å². The van der Waals surface area contributed by atoms with Gasteiger partial charge in [-0.1, -0.05) is 0 Å². The third-order valence-electron chi connectivity index (χ3n) is 3.23. The molecule has 1 aliphatic carbocycles. The van der Waals surface area contributed by atoms with Gasteiger partial charge < -0.3 is 0 Å². The number of pyridine rings is 1. The molecule has 7 heteroatoms. The van der Waals surface area contributed by atoms with Crippen LogP contribution in [0.1, 0.15) is 23.2 Å². The molecule has 0 saturated carbocycles. The number of nitrogens with zero attached hydrogens (tertiary/aromatic N) is 2. The van der Waals surface area contributed by atoms with E-state index < -0.39 is 11.7 Å². The lowest BCUT2D eigenvalue weighted by molar-refractivity contribution is -0.137. The van der Waals surface area contributed by atoms with E-state index in [1.807, 2.05) is 0 Å². The second-order valence-electron chi connectivity index (χ2n) is 4.47. The summed E-state index contributed by atoms with van der Waals surface area (Å²) < 4.78 is 38.4. The van der Waals surface area contributed by atoms with Crippen LogP contribution in [0, 0.1) is 0 Å². The van der Waals surface area contributed by atoms with Crippen LogP contribution < -0.4 is 5.56 Å². The van der Waals surface area contributed by atoms with Crippen LogP contribution in [0.2, 0.25) is 0 Å². The molecule has 0 radical (unpaired) electrons. The Morgan fingerprint density at radius 3 is 2.63 bits per heavy atom. The number of aromatic amines is 1. The van der Waals surface area contributed by atoms with Gasteiger partial charge in [-0.05, 0) is 31.4 Å². The van der Waals surface area contributed by atoms with Gasteiger partial charge in [0.2, 0.25) is 0 Å². The molecule has 0 spiro atoms. The van der Waals surface area contributed by atoms with E-state index in [4.69, 9.17) is 0 Å². The highest BCUT2D eigenvalue weighted by Crippen LogP contribution is 2.28. The topological polar surface area (TPSA) is 50.7 Å². The third-order valence-corrected chi connectivity index (χ3v) is 3.23. The highest BCUT2D eigenvalue weighted by Gasteiger charge is 2.31. The summed E-state index contributed by atoms with van der Waals surface area (Å²) in [6.45, 7) is 0. The van der Waals surface area contributed by atoms with E-state index in [9.17, 15) is 18.0 Å². The summed E-state index contributed by atoms with van der Waals surface area (Å²) in [5.41, 5.74) is 0.511. The van der Waals surface area contributed by atoms with Crippen LogP contribution in [-0.2, 0) is 19.0 Å². The van der Waals surface area contributed by atoms with E-state index in [0.29, 0.717) is 12.0 Å². The van der Waals surface area contributed by atoms with Gasteiger partial charge in [0.15, 0.2) is 5.82 Å². The summed E-state index contributed by atoms with van der Waals surface area (Å²) >= 11 is 0. The van der Waals surface area contributed by atoms with Gasteiger partial charge in [-0.3, -0.25) is 9.89 Å². The SMILES string of the molecule is O=c1c2c([nH]n1-c1ccc(C(F)(F)F)cn1)CCC2. The monoisotopic (exact) mass is 269 g/mol. The summed E-state index contributed by atoms with van der Waals surface area (Å²) in [5.74, 6) is 0.174. The molecule has 3 rings (SSSR count). The van der Waals surface area contributed by atoms with E-state index >= 15 is 0 Å². The maximum atomic E-state index is 12.4. The minimum atomic E-state index is -4.42. The first-order valence-electron chi connectivity index (χ1n) is 5.83. The van der Waals surface area contributed by atoms with Gasteiger partial charge in [0.05, 0.1) is 5.56 Å². The Hall–Kier alpha value is -2.05. The Morgan fingerprint density at radius 1 is 1.26 bits per heavy atom. The van der Waals surface area contributed by atoms with Crippen molar-refractivity contribution < 1.29 is 13.2 Å². The van der Waals surface area contributed by atoms with Crippen LogP contribution in [0.15, 0.2) is 23.1 Å². The van der Waals surface area contributed by atoms with E-state index in [1.54, 1.807) is 0 Å². The van der Waals surface area contributed by atoms with Crippen molar-refractivity contribution in [3.05, 3.63) is 45.5 Å². The maximum Gasteiger partial charge on any atom is 0.417 e. The van der Waals surface area contributed by atoms with Crippen LogP contribution in [0.25, 0.3) is 5.82 Å². The summed E-state index contributed by atoms with van der Waals surface area (Å²) in [7, 11) is 0. The molecule has 19 heavy (non-hydrogen) atoms. The van der Waals surface area contributed by atoms with Crippen LogP contribution in [0.3, 0.4) is 0 Å². The molecule has 0 aromatic carbocycles. The predicted octanol–water partition coefficient (Wildman–Crippen LogP) is 2.07.